The molecule has 0 atom stereocenters. The number of alkyl halides is 2. The van der Waals surface area contributed by atoms with Crippen LogP contribution < -0.4 is 0 Å². The molecule has 6 aromatic rings. The summed E-state index contributed by atoms with van der Waals surface area (Å²) in [5, 5.41) is 0.333. The Labute approximate surface area is 193 Å². The van der Waals surface area contributed by atoms with E-state index in [9.17, 15) is 17.6 Å². The van der Waals surface area contributed by atoms with E-state index in [1.165, 1.54) is 36.4 Å². The molecule has 172 valence electrons. The first-order valence-corrected chi connectivity index (χ1v) is 10.5. The maximum atomic E-state index is 16.3. The van der Waals surface area contributed by atoms with Crippen LogP contribution in [0.2, 0.25) is 0 Å². The van der Waals surface area contributed by atoms with E-state index >= 15 is 8.78 Å². The topological polar surface area (TPSA) is 25.8 Å². The number of benzene rings is 4. The highest BCUT2D eigenvalue weighted by atomic mass is 19.3. The first-order valence-electron chi connectivity index (χ1n) is 10.5. The highest BCUT2D eigenvalue weighted by Crippen LogP contribution is 2.43. The smallest absolute Gasteiger partial charge is 0.242 e. The van der Waals surface area contributed by atoms with E-state index in [2.05, 4.69) is 9.97 Å². The summed E-state index contributed by atoms with van der Waals surface area (Å²) in [6, 6.07) is 15.0. The molecule has 0 saturated carbocycles. The van der Waals surface area contributed by atoms with E-state index in [1.54, 1.807) is 12.1 Å². The van der Waals surface area contributed by atoms with Gasteiger partial charge in [0.15, 0.2) is 11.6 Å². The van der Waals surface area contributed by atoms with Crippen molar-refractivity contribution in [1.29, 1.82) is 0 Å². The van der Waals surface area contributed by atoms with Crippen LogP contribution in [0.3, 0.4) is 0 Å². The van der Waals surface area contributed by atoms with Crippen LogP contribution in [0.15, 0.2) is 72.8 Å². The van der Waals surface area contributed by atoms with Crippen molar-refractivity contribution in [1.82, 2.24) is 9.97 Å². The van der Waals surface area contributed by atoms with Crippen molar-refractivity contribution < 1.29 is 26.3 Å². The number of hydrogen-bond acceptors (Lipinski definition) is 2. The molecule has 4 aromatic carbocycles. The van der Waals surface area contributed by atoms with Gasteiger partial charge in [0, 0.05) is 33.7 Å². The Balaban J connectivity index is 1.76. The van der Waals surface area contributed by atoms with E-state index in [1.807, 2.05) is 0 Å². The van der Waals surface area contributed by atoms with Gasteiger partial charge in [-0.05, 0) is 22.9 Å². The zero-order chi connectivity index (χ0) is 24.5. The molecular formula is C27H12F6N2. The average Bonchev–Trinajstić information content (AvgIpc) is 2.83. The van der Waals surface area contributed by atoms with Crippen molar-refractivity contribution in [2.24, 2.45) is 0 Å². The Morgan fingerprint density at radius 1 is 0.486 bits per heavy atom. The normalized spacial score (nSPS) is 12.3. The lowest BCUT2D eigenvalue weighted by Gasteiger charge is -2.21. The van der Waals surface area contributed by atoms with E-state index in [0.717, 1.165) is 12.1 Å². The first kappa shape index (κ1) is 21.3. The van der Waals surface area contributed by atoms with Crippen LogP contribution in [-0.2, 0) is 5.92 Å². The maximum absolute atomic E-state index is 16.3. The van der Waals surface area contributed by atoms with Gasteiger partial charge in [-0.2, -0.15) is 8.78 Å². The Bertz CT molecular complexity index is 1700. The van der Waals surface area contributed by atoms with Crippen LogP contribution in [0.4, 0.5) is 26.3 Å². The van der Waals surface area contributed by atoms with Gasteiger partial charge in [-0.25, -0.2) is 27.5 Å². The molecule has 0 N–H and O–H groups in total. The van der Waals surface area contributed by atoms with Gasteiger partial charge in [0.25, 0.3) is 0 Å². The Morgan fingerprint density at radius 3 is 1.26 bits per heavy atom. The predicted molar refractivity (Wildman–Crippen MR) is 121 cm³/mol. The Morgan fingerprint density at radius 2 is 0.857 bits per heavy atom. The van der Waals surface area contributed by atoms with Crippen LogP contribution in [-0.4, -0.2) is 9.97 Å². The zero-order valence-corrected chi connectivity index (χ0v) is 17.6. The highest BCUT2D eigenvalue weighted by Gasteiger charge is 2.41. The van der Waals surface area contributed by atoms with Gasteiger partial charge in [-0.15, -0.1) is 0 Å². The summed E-state index contributed by atoms with van der Waals surface area (Å²) < 4.78 is 89.8. The van der Waals surface area contributed by atoms with Crippen molar-refractivity contribution >= 4 is 43.4 Å². The molecule has 0 saturated heterocycles. The van der Waals surface area contributed by atoms with Gasteiger partial charge in [-0.3, -0.25) is 0 Å². The molecule has 0 aliphatic rings. The van der Waals surface area contributed by atoms with Crippen LogP contribution in [0, 0.1) is 23.3 Å². The molecule has 0 aliphatic heterocycles. The van der Waals surface area contributed by atoms with E-state index in [-0.39, 0.29) is 32.3 Å². The fraction of sp³-hybridized carbons (Fsp3) is 0.0370. The van der Waals surface area contributed by atoms with E-state index in [0.29, 0.717) is 12.1 Å². The number of nitrogens with zero attached hydrogens (tertiary/aromatic N) is 2. The summed E-state index contributed by atoms with van der Waals surface area (Å²) in [7, 11) is 0. The first-order chi connectivity index (χ1) is 16.8. The van der Waals surface area contributed by atoms with Gasteiger partial charge in [0.05, 0.1) is 0 Å². The van der Waals surface area contributed by atoms with Gasteiger partial charge in [0.1, 0.15) is 34.1 Å². The predicted octanol–water partition coefficient (Wildman–Crippen LogP) is 7.79. The van der Waals surface area contributed by atoms with Crippen molar-refractivity contribution in [2.45, 2.75) is 5.92 Å². The number of pyridine rings is 2. The lowest BCUT2D eigenvalue weighted by atomic mass is 9.95. The summed E-state index contributed by atoms with van der Waals surface area (Å²) in [6.45, 7) is 0. The molecule has 0 amide bonds. The molecule has 0 bridgehead atoms. The summed E-state index contributed by atoms with van der Waals surface area (Å²) in [5.74, 6) is -7.86. The molecule has 2 aromatic heterocycles. The minimum Gasteiger partial charge on any atom is -0.242 e. The molecule has 0 spiro atoms. The molecule has 2 heterocycles. The van der Waals surface area contributed by atoms with Gasteiger partial charge >= 0.3 is 5.92 Å². The number of aromatic nitrogens is 2. The Hall–Kier alpha value is -4.20. The fourth-order valence-corrected chi connectivity index (χ4v) is 4.55. The maximum Gasteiger partial charge on any atom is 0.332 e. The van der Waals surface area contributed by atoms with Crippen molar-refractivity contribution in [3.05, 3.63) is 107 Å². The molecule has 0 unspecified atom stereocenters. The minimum atomic E-state index is -3.93. The molecule has 0 aliphatic carbocycles. The standard InChI is InChI=1S/C27H12F6N2/c28-13-9-19-15-5-1-3-7-17(15)25(34-23(19)21(30)11-13)27(32,33)26-18-8-4-2-6-16(18)20-10-14(29)12-22(31)24(20)35-26/h1-12H. The molecule has 8 heteroatoms. The van der Waals surface area contributed by atoms with Crippen molar-refractivity contribution in [3.8, 4) is 0 Å². The number of fused-ring (bicyclic) bond motifs is 6. The molecule has 6 rings (SSSR count). The lowest BCUT2D eigenvalue weighted by Crippen LogP contribution is -2.21. The van der Waals surface area contributed by atoms with Gasteiger partial charge in [-0.1, -0.05) is 48.5 Å². The SMILES string of the molecule is Fc1cc(F)c2nc(C(F)(F)c3nc4c(F)cc(F)cc4c4ccccc34)c3ccccc3c2c1. The van der Waals surface area contributed by atoms with E-state index < -0.39 is 51.6 Å². The third-order valence-corrected chi connectivity index (χ3v) is 6.04. The van der Waals surface area contributed by atoms with Crippen molar-refractivity contribution in [3.63, 3.8) is 0 Å². The summed E-state index contributed by atoms with van der Waals surface area (Å²) in [5.41, 5.74) is -2.49. The quantitative estimate of drug-likeness (QED) is 0.188. The third-order valence-electron chi connectivity index (χ3n) is 6.04. The molecule has 2 nitrogen and oxygen atoms in total. The third kappa shape index (κ3) is 3.13. The second kappa shape index (κ2) is 7.40. The summed E-state index contributed by atoms with van der Waals surface area (Å²) in [4.78, 5) is 7.86. The molecular weight excluding hydrogens is 466 g/mol. The van der Waals surface area contributed by atoms with Crippen molar-refractivity contribution in [2.75, 3.05) is 0 Å². The second-order valence-corrected chi connectivity index (χ2v) is 8.15. The molecule has 0 fully saturated rings. The average molecular weight is 478 g/mol. The van der Waals surface area contributed by atoms with Gasteiger partial charge in [0.2, 0.25) is 0 Å². The van der Waals surface area contributed by atoms with Gasteiger partial charge < -0.3 is 0 Å². The Kier molecular flexibility index (Phi) is 4.51. The monoisotopic (exact) mass is 478 g/mol. The highest BCUT2D eigenvalue weighted by molar-refractivity contribution is 6.09. The minimum absolute atomic E-state index is 0.0375. The lowest BCUT2D eigenvalue weighted by molar-refractivity contribution is 0.0374. The largest absolute Gasteiger partial charge is 0.332 e. The zero-order valence-electron chi connectivity index (χ0n) is 17.6. The van der Waals surface area contributed by atoms with E-state index in [4.69, 9.17) is 0 Å². The number of hydrogen-bond donors (Lipinski definition) is 0. The van der Waals surface area contributed by atoms with Crippen LogP contribution in [0.25, 0.3) is 43.4 Å². The number of rotatable bonds is 2. The van der Waals surface area contributed by atoms with Crippen LogP contribution >= 0.6 is 0 Å². The summed E-state index contributed by atoms with van der Waals surface area (Å²) >= 11 is 0. The summed E-state index contributed by atoms with van der Waals surface area (Å²) in [6.07, 6.45) is 0. The fourth-order valence-electron chi connectivity index (χ4n) is 4.55. The second-order valence-electron chi connectivity index (χ2n) is 8.15. The van der Waals surface area contributed by atoms with Crippen LogP contribution in [0.1, 0.15) is 11.4 Å². The van der Waals surface area contributed by atoms with Crippen LogP contribution in [0.5, 0.6) is 0 Å². The molecule has 35 heavy (non-hydrogen) atoms. The molecule has 0 radical (unpaired) electrons. The number of halogens is 6.